The summed E-state index contributed by atoms with van der Waals surface area (Å²) in [6, 6.07) is 26.8. The first kappa shape index (κ1) is 21.2. The number of hydrogen-bond acceptors (Lipinski definition) is 4. The van der Waals surface area contributed by atoms with E-state index in [4.69, 9.17) is 4.74 Å². The van der Waals surface area contributed by atoms with Crippen LogP contribution >= 0.6 is 11.8 Å². The molecule has 0 bridgehead atoms. The molecule has 1 fully saturated rings. The minimum Gasteiger partial charge on any atom is -0.368 e. The Balaban J connectivity index is 1.43. The van der Waals surface area contributed by atoms with Gasteiger partial charge >= 0.3 is 0 Å². The molecule has 0 saturated carbocycles. The van der Waals surface area contributed by atoms with Crippen LogP contribution in [-0.4, -0.2) is 24.5 Å². The average Bonchev–Trinajstić information content (AvgIpc) is 3.35. The van der Waals surface area contributed by atoms with Crippen molar-refractivity contribution in [1.29, 1.82) is 0 Å². The van der Waals surface area contributed by atoms with E-state index in [1.807, 2.05) is 60.7 Å². The van der Waals surface area contributed by atoms with Crippen molar-refractivity contribution in [3.8, 4) is 0 Å². The molecule has 1 aliphatic rings. The minimum atomic E-state index is -0.387. The Morgan fingerprint density at radius 2 is 1.45 bits per heavy atom. The average molecular weight is 433 g/mol. The van der Waals surface area contributed by atoms with Crippen LogP contribution in [0.15, 0.2) is 89.8 Å². The van der Waals surface area contributed by atoms with Crippen LogP contribution in [0.3, 0.4) is 0 Å². The highest BCUT2D eigenvalue weighted by Gasteiger charge is 2.24. The molecule has 0 radical (unpaired) electrons. The van der Waals surface area contributed by atoms with Crippen LogP contribution in [0.2, 0.25) is 0 Å². The number of anilines is 2. The van der Waals surface area contributed by atoms with Crippen molar-refractivity contribution >= 4 is 35.0 Å². The van der Waals surface area contributed by atoms with Crippen LogP contribution in [0.4, 0.5) is 11.4 Å². The van der Waals surface area contributed by atoms with Crippen molar-refractivity contribution in [2.45, 2.75) is 29.1 Å². The number of amides is 2. The predicted octanol–water partition coefficient (Wildman–Crippen LogP) is 5.28. The molecule has 1 saturated heterocycles. The smallest absolute Gasteiger partial charge is 0.253 e. The maximum absolute atomic E-state index is 13.1. The summed E-state index contributed by atoms with van der Waals surface area (Å²) in [6.45, 7) is 0.632. The predicted molar refractivity (Wildman–Crippen MR) is 124 cm³/mol. The van der Waals surface area contributed by atoms with Gasteiger partial charge in [-0.1, -0.05) is 48.5 Å². The van der Waals surface area contributed by atoms with Gasteiger partial charge in [0.05, 0.1) is 0 Å². The van der Waals surface area contributed by atoms with Crippen LogP contribution in [0.5, 0.6) is 0 Å². The number of thioether (sulfide) groups is 1. The molecule has 5 nitrogen and oxygen atoms in total. The molecule has 158 valence electrons. The van der Waals surface area contributed by atoms with E-state index in [1.165, 1.54) is 11.8 Å². The van der Waals surface area contributed by atoms with Crippen molar-refractivity contribution in [3.63, 3.8) is 0 Å². The molecular formula is C25H24N2O3S. The lowest BCUT2D eigenvalue weighted by Gasteiger charge is -2.17. The van der Waals surface area contributed by atoms with E-state index in [-0.39, 0.29) is 23.2 Å². The summed E-state index contributed by atoms with van der Waals surface area (Å²) < 4.78 is 5.41. The van der Waals surface area contributed by atoms with Gasteiger partial charge in [-0.05, 0) is 54.8 Å². The summed E-state index contributed by atoms with van der Waals surface area (Å²) in [5.74, 6) is -0.228. The van der Waals surface area contributed by atoms with Crippen LogP contribution in [0.25, 0.3) is 0 Å². The number of hydrogen-bond donors (Lipinski definition) is 2. The fraction of sp³-hybridized carbons (Fsp3) is 0.200. The Hall–Kier alpha value is -3.09. The van der Waals surface area contributed by atoms with E-state index in [0.717, 1.165) is 23.3 Å². The number of carbonyl (C=O) groups excluding carboxylic acids is 2. The second-order valence-electron chi connectivity index (χ2n) is 7.28. The maximum Gasteiger partial charge on any atom is 0.253 e. The van der Waals surface area contributed by atoms with Gasteiger partial charge in [-0.15, -0.1) is 11.8 Å². The molecule has 1 heterocycles. The zero-order valence-corrected chi connectivity index (χ0v) is 17.8. The van der Waals surface area contributed by atoms with Gasteiger partial charge in [0.1, 0.15) is 11.4 Å². The first-order valence-corrected chi connectivity index (χ1v) is 11.2. The third-order valence-corrected chi connectivity index (χ3v) is 6.25. The SMILES string of the molecule is O=C(Nc1ccc(NC(=O)C(Sc2ccccc2)c2ccccc2)cc1)C1CCCO1. The number of benzene rings is 3. The normalized spacial score (nSPS) is 16.5. The summed E-state index contributed by atoms with van der Waals surface area (Å²) in [5, 5.41) is 5.48. The molecule has 2 unspecified atom stereocenters. The summed E-state index contributed by atoms with van der Waals surface area (Å²) in [4.78, 5) is 26.4. The lowest BCUT2D eigenvalue weighted by molar-refractivity contribution is -0.124. The number of nitrogens with one attached hydrogen (secondary N) is 2. The topological polar surface area (TPSA) is 67.4 Å². The lowest BCUT2D eigenvalue weighted by Crippen LogP contribution is -2.26. The lowest BCUT2D eigenvalue weighted by atomic mass is 10.1. The molecule has 6 heteroatoms. The first-order valence-electron chi connectivity index (χ1n) is 10.3. The summed E-state index contributed by atoms with van der Waals surface area (Å²) in [5.41, 5.74) is 2.29. The van der Waals surface area contributed by atoms with E-state index >= 15 is 0 Å². The second-order valence-corrected chi connectivity index (χ2v) is 8.46. The van der Waals surface area contributed by atoms with Crippen LogP contribution in [-0.2, 0) is 14.3 Å². The van der Waals surface area contributed by atoms with E-state index < -0.39 is 0 Å². The van der Waals surface area contributed by atoms with Crippen LogP contribution < -0.4 is 10.6 Å². The quantitative estimate of drug-likeness (QED) is 0.499. The van der Waals surface area contributed by atoms with Crippen molar-refractivity contribution in [2.24, 2.45) is 0 Å². The summed E-state index contributed by atoms with van der Waals surface area (Å²) in [7, 11) is 0. The third-order valence-electron chi connectivity index (χ3n) is 4.98. The monoisotopic (exact) mass is 432 g/mol. The molecule has 2 N–H and O–H groups in total. The molecular weight excluding hydrogens is 408 g/mol. The highest BCUT2D eigenvalue weighted by Crippen LogP contribution is 2.36. The molecule has 4 rings (SSSR count). The van der Waals surface area contributed by atoms with E-state index in [2.05, 4.69) is 10.6 Å². The van der Waals surface area contributed by atoms with Gasteiger partial charge in [-0.25, -0.2) is 0 Å². The van der Waals surface area contributed by atoms with Crippen molar-refractivity contribution < 1.29 is 14.3 Å². The molecule has 3 aromatic rings. The van der Waals surface area contributed by atoms with Crippen molar-refractivity contribution in [2.75, 3.05) is 17.2 Å². The molecule has 31 heavy (non-hydrogen) atoms. The molecule has 0 aliphatic carbocycles. The maximum atomic E-state index is 13.1. The third kappa shape index (κ3) is 5.75. The zero-order valence-electron chi connectivity index (χ0n) is 17.0. The largest absolute Gasteiger partial charge is 0.368 e. The minimum absolute atomic E-state index is 0.101. The van der Waals surface area contributed by atoms with Gasteiger partial charge in [-0.3, -0.25) is 9.59 Å². The van der Waals surface area contributed by atoms with Gasteiger partial charge in [-0.2, -0.15) is 0 Å². The Morgan fingerprint density at radius 1 is 0.839 bits per heavy atom. The van der Waals surface area contributed by atoms with Gasteiger partial charge in [0.2, 0.25) is 5.91 Å². The molecule has 2 amide bonds. The fourth-order valence-corrected chi connectivity index (χ4v) is 4.43. The van der Waals surface area contributed by atoms with Gasteiger partial charge in [0, 0.05) is 22.9 Å². The Labute approximate surface area is 186 Å². The van der Waals surface area contributed by atoms with Gasteiger partial charge in [0.15, 0.2) is 0 Å². The standard InChI is InChI=1S/C25H24N2O3S/c28-24(22-12-7-17-30-22)26-19-13-15-20(16-14-19)27-25(29)23(18-8-3-1-4-9-18)31-21-10-5-2-6-11-21/h1-6,8-11,13-16,22-23H,7,12,17H2,(H,26,28)(H,27,29). The van der Waals surface area contributed by atoms with Crippen LogP contribution in [0.1, 0.15) is 23.7 Å². The molecule has 2 atom stereocenters. The molecule has 0 spiro atoms. The van der Waals surface area contributed by atoms with Gasteiger partial charge < -0.3 is 15.4 Å². The summed E-state index contributed by atoms with van der Waals surface area (Å²) >= 11 is 1.51. The fourth-order valence-electron chi connectivity index (χ4n) is 3.39. The highest BCUT2D eigenvalue weighted by molar-refractivity contribution is 8.00. The van der Waals surface area contributed by atoms with Crippen LogP contribution in [0, 0.1) is 0 Å². The van der Waals surface area contributed by atoms with E-state index in [9.17, 15) is 9.59 Å². The van der Waals surface area contributed by atoms with E-state index in [0.29, 0.717) is 18.0 Å². The first-order chi connectivity index (χ1) is 15.2. The highest BCUT2D eigenvalue weighted by atomic mass is 32.2. The second kappa shape index (κ2) is 10.3. The van der Waals surface area contributed by atoms with Gasteiger partial charge in [0.25, 0.3) is 5.91 Å². The Morgan fingerprint density at radius 3 is 2.06 bits per heavy atom. The van der Waals surface area contributed by atoms with Crippen molar-refractivity contribution in [1.82, 2.24) is 0 Å². The zero-order chi connectivity index (χ0) is 21.5. The summed E-state index contributed by atoms with van der Waals surface area (Å²) in [6.07, 6.45) is 1.29. The Kier molecular flexibility index (Phi) is 7.02. The Bertz CT molecular complexity index is 1000. The molecule has 1 aliphatic heterocycles. The number of ether oxygens (including phenoxy) is 1. The molecule has 0 aromatic heterocycles. The molecule has 3 aromatic carbocycles. The van der Waals surface area contributed by atoms with E-state index in [1.54, 1.807) is 24.3 Å². The number of rotatable bonds is 7. The number of carbonyl (C=O) groups is 2. The van der Waals surface area contributed by atoms with Crippen molar-refractivity contribution in [3.05, 3.63) is 90.5 Å².